The summed E-state index contributed by atoms with van der Waals surface area (Å²) in [4.78, 5) is 26.1. The van der Waals surface area contributed by atoms with E-state index >= 15 is 0 Å². The lowest BCUT2D eigenvalue weighted by Crippen LogP contribution is -2.41. The number of carboxylic acid groups (broad SMARTS) is 1. The van der Waals surface area contributed by atoms with Crippen LogP contribution < -0.4 is 5.32 Å². The van der Waals surface area contributed by atoms with Gasteiger partial charge in [0.2, 0.25) is 5.91 Å². The molecule has 0 aliphatic heterocycles. The number of aliphatic carboxylic acids is 1. The molecule has 0 saturated carbocycles. The summed E-state index contributed by atoms with van der Waals surface area (Å²) >= 11 is 0. The molecule has 0 fully saturated rings. The fourth-order valence-corrected chi connectivity index (χ4v) is 2.20. The van der Waals surface area contributed by atoms with Crippen LogP contribution in [0.3, 0.4) is 0 Å². The summed E-state index contributed by atoms with van der Waals surface area (Å²) < 4.78 is 0. The highest BCUT2D eigenvalue weighted by Crippen LogP contribution is 2.19. The van der Waals surface area contributed by atoms with Crippen molar-refractivity contribution in [2.45, 2.75) is 26.3 Å². The average Bonchev–Trinajstić information content (AvgIpc) is 2.80. The van der Waals surface area contributed by atoms with Crippen molar-refractivity contribution in [3.8, 4) is 0 Å². The second-order valence-electron chi connectivity index (χ2n) is 5.18. The van der Waals surface area contributed by atoms with Crippen LogP contribution in [0.25, 0.3) is 10.9 Å². The van der Waals surface area contributed by atoms with E-state index in [0.717, 1.165) is 22.0 Å². The molecule has 0 aliphatic carbocycles. The van der Waals surface area contributed by atoms with Crippen LogP contribution in [0.4, 0.5) is 0 Å². The Kier molecular flexibility index (Phi) is 4.42. The Bertz CT molecular complexity index is 696. The molecule has 2 aromatic rings. The summed E-state index contributed by atoms with van der Waals surface area (Å²) in [5.41, 5.74) is 2.64. The van der Waals surface area contributed by atoms with E-state index in [-0.39, 0.29) is 12.3 Å². The summed E-state index contributed by atoms with van der Waals surface area (Å²) in [6, 6.07) is 6.71. The number of H-pyrrole nitrogens is 1. The van der Waals surface area contributed by atoms with E-state index in [4.69, 9.17) is 0 Å². The normalized spacial score (nSPS) is 11.9. The number of hydrogen-bond acceptors (Lipinski definition) is 2. The van der Waals surface area contributed by atoms with Gasteiger partial charge in [0.25, 0.3) is 0 Å². The second kappa shape index (κ2) is 6.26. The number of fused-ring (bicyclic) bond motifs is 1. The minimum atomic E-state index is -1.05. The first-order valence-corrected chi connectivity index (χ1v) is 6.70. The molecule has 3 N–H and O–H groups in total. The molecule has 1 atom stereocenters. The number of benzene rings is 1. The van der Waals surface area contributed by atoms with Crippen LogP contribution in [0.1, 0.15) is 19.4 Å². The summed E-state index contributed by atoms with van der Waals surface area (Å²) in [6.45, 7) is 3.57. The number of amides is 1. The quantitative estimate of drug-likeness (QED) is 0.737. The van der Waals surface area contributed by atoms with Gasteiger partial charge in [-0.1, -0.05) is 23.8 Å². The van der Waals surface area contributed by atoms with Crippen molar-refractivity contribution in [3.05, 3.63) is 47.7 Å². The molecule has 0 saturated heterocycles. The Labute approximate surface area is 122 Å². The Morgan fingerprint density at radius 3 is 2.71 bits per heavy atom. The van der Waals surface area contributed by atoms with Crippen molar-refractivity contribution in [3.63, 3.8) is 0 Å². The first-order chi connectivity index (χ1) is 9.97. The maximum absolute atomic E-state index is 11.7. The molecule has 2 rings (SSSR count). The van der Waals surface area contributed by atoms with E-state index in [1.165, 1.54) is 6.08 Å². The third kappa shape index (κ3) is 3.72. The minimum absolute atomic E-state index is 0.238. The number of carboxylic acids is 1. The lowest BCUT2D eigenvalue weighted by atomic mass is 10.0. The van der Waals surface area contributed by atoms with Crippen LogP contribution in [-0.4, -0.2) is 28.0 Å². The molecular weight excluding hydrogens is 268 g/mol. The Balaban J connectivity index is 2.19. The van der Waals surface area contributed by atoms with Crippen LogP contribution in [0.15, 0.2) is 42.1 Å². The van der Waals surface area contributed by atoms with Gasteiger partial charge >= 0.3 is 5.97 Å². The number of para-hydroxylation sites is 1. The van der Waals surface area contributed by atoms with Crippen LogP contribution in [0, 0.1) is 0 Å². The van der Waals surface area contributed by atoms with Gasteiger partial charge in [0.15, 0.2) is 0 Å². The van der Waals surface area contributed by atoms with Crippen molar-refractivity contribution < 1.29 is 14.7 Å². The maximum atomic E-state index is 11.7. The van der Waals surface area contributed by atoms with Crippen molar-refractivity contribution in [1.82, 2.24) is 10.3 Å². The summed E-state index contributed by atoms with van der Waals surface area (Å²) in [5.74, 6) is -1.43. The zero-order valence-electron chi connectivity index (χ0n) is 12.0. The highest BCUT2D eigenvalue weighted by Gasteiger charge is 2.21. The predicted octanol–water partition coefficient (Wildman–Crippen LogP) is 2.25. The zero-order valence-corrected chi connectivity index (χ0v) is 12.0. The van der Waals surface area contributed by atoms with Gasteiger partial charge in [-0.05, 0) is 25.5 Å². The summed E-state index contributed by atoms with van der Waals surface area (Å²) in [7, 11) is 0. The molecular formula is C16H18N2O3. The highest BCUT2D eigenvalue weighted by molar-refractivity contribution is 5.92. The molecule has 1 aromatic carbocycles. The molecule has 0 spiro atoms. The summed E-state index contributed by atoms with van der Waals surface area (Å²) in [5, 5.41) is 12.8. The third-order valence-corrected chi connectivity index (χ3v) is 3.13. The molecule has 1 aromatic heterocycles. The SMILES string of the molecule is CC(C)=CC(=O)NC(Cc1c[nH]c2ccccc12)C(=O)O. The van der Waals surface area contributed by atoms with Crippen LogP contribution in [-0.2, 0) is 16.0 Å². The maximum Gasteiger partial charge on any atom is 0.326 e. The molecule has 0 radical (unpaired) electrons. The number of aromatic nitrogens is 1. The number of hydrogen-bond donors (Lipinski definition) is 3. The van der Waals surface area contributed by atoms with Gasteiger partial charge in [-0.15, -0.1) is 0 Å². The standard InChI is InChI=1S/C16H18N2O3/c1-10(2)7-15(19)18-14(16(20)21)8-11-9-17-13-6-4-3-5-12(11)13/h3-7,9,14,17H,8H2,1-2H3,(H,18,19)(H,20,21). The molecule has 1 heterocycles. The van der Waals surface area contributed by atoms with Gasteiger partial charge in [0, 0.05) is 29.6 Å². The molecule has 5 nitrogen and oxygen atoms in total. The van der Waals surface area contributed by atoms with Crippen molar-refractivity contribution in [1.29, 1.82) is 0 Å². The van der Waals surface area contributed by atoms with Crippen LogP contribution in [0.2, 0.25) is 0 Å². The van der Waals surface area contributed by atoms with E-state index in [2.05, 4.69) is 10.3 Å². The van der Waals surface area contributed by atoms with E-state index in [1.54, 1.807) is 20.0 Å². The molecule has 0 bridgehead atoms. The van der Waals surface area contributed by atoms with Gasteiger partial charge < -0.3 is 15.4 Å². The van der Waals surface area contributed by atoms with E-state index in [1.807, 2.05) is 24.3 Å². The highest BCUT2D eigenvalue weighted by atomic mass is 16.4. The van der Waals surface area contributed by atoms with E-state index < -0.39 is 12.0 Å². The topological polar surface area (TPSA) is 82.2 Å². The molecule has 21 heavy (non-hydrogen) atoms. The molecule has 110 valence electrons. The van der Waals surface area contributed by atoms with E-state index in [0.29, 0.717) is 0 Å². The van der Waals surface area contributed by atoms with Crippen LogP contribution >= 0.6 is 0 Å². The fraction of sp³-hybridized carbons (Fsp3) is 0.250. The van der Waals surface area contributed by atoms with Gasteiger partial charge in [-0.2, -0.15) is 0 Å². The average molecular weight is 286 g/mol. The first kappa shape index (κ1) is 14.8. The Hall–Kier alpha value is -2.56. The number of rotatable bonds is 5. The number of nitrogens with one attached hydrogen (secondary N) is 2. The Morgan fingerprint density at radius 2 is 2.05 bits per heavy atom. The molecule has 1 unspecified atom stereocenters. The number of carbonyl (C=O) groups is 2. The number of allylic oxidation sites excluding steroid dienone is 1. The largest absolute Gasteiger partial charge is 0.480 e. The predicted molar refractivity (Wildman–Crippen MR) is 81.0 cm³/mol. The smallest absolute Gasteiger partial charge is 0.326 e. The van der Waals surface area contributed by atoms with Gasteiger partial charge in [0.1, 0.15) is 6.04 Å². The second-order valence-corrected chi connectivity index (χ2v) is 5.18. The monoisotopic (exact) mass is 286 g/mol. The third-order valence-electron chi connectivity index (χ3n) is 3.13. The molecule has 0 aliphatic rings. The molecule has 5 heteroatoms. The zero-order chi connectivity index (χ0) is 15.4. The fourth-order valence-electron chi connectivity index (χ4n) is 2.20. The lowest BCUT2D eigenvalue weighted by molar-refractivity contribution is -0.141. The van der Waals surface area contributed by atoms with E-state index in [9.17, 15) is 14.7 Å². The van der Waals surface area contributed by atoms with Crippen molar-refractivity contribution in [2.24, 2.45) is 0 Å². The number of aromatic amines is 1. The Morgan fingerprint density at radius 1 is 1.33 bits per heavy atom. The van der Waals surface area contributed by atoms with Crippen LogP contribution in [0.5, 0.6) is 0 Å². The van der Waals surface area contributed by atoms with Gasteiger partial charge in [-0.25, -0.2) is 4.79 Å². The lowest BCUT2D eigenvalue weighted by Gasteiger charge is -2.13. The molecule has 1 amide bonds. The van der Waals surface area contributed by atoms with Gasteiger partial charge in [-0.3, -0.25) is 4.79 Å². The van der Waals surface area contributed by atoms with Gasteiger partial charge in [0.05, 0.1) is 0 Å². The number of carbonyl (C=O) groups excluding carboxylic acids is 1. The summed E-state index contributed by atoms with van der Waals surface area (Å²) in [6.07, 6.45) is 3.42. The van der Waals surface area contributed by atoms with Crippen molar-refractivity contribution >= 4 is 22.8 Å². The van der Waals surface area contributed by atoms with Crippen molar-refractivity contribution in [2.75, 3.05) is 0 Å². The minimum Gasteiger partial charge on any atom is -0.480 e. The first-order valence-electron chi connectivity index (χ1n) is 6.70.